The fourth-order valence-corrected chi connectivity index (χ4v) is 1.07. The zero-order valence-corrected chi connectivity index (χ0v) is 9.09. The van der Waals surface area contributed by atoms with Crippen LogP contribution >= 0.6 is 12.2 Å². The molecular weight excluding hydrogens is 257 g/mol. The van der Waals surface area contributed by atoms with Gasteiger partial charge in [0.05, 0.1) is 5.69 Å². The zero-order chi connectivity index (χ0) is 13.1. The van der Waals surface area contributed by atoms with Crippen LogP contribution in [0.2, 0.25) is 0 Å². The smallest absolute Gasteiger partial charge is 0.373 e. The number of nitrogens with zero attached hydrogens (tertiary/aromatic N) is 1. The molecule has 0 spiro atoms. The molecule has 2 N–H and O–H groups in total. The van der Waals surface area contributed by atoms with Crippen LogP contribution in [0.25, 0.3) is 0 Å². The van der Waals surface area contributed by atoms with Crippen LogP contribution in [0.4, 0.5) is 18.9 Å². The highest BCUT2D eigenvalue weighted by molar-refractivity contribution is 7.80. The van der Waals surface area contributed by atoms with Gasteiger partial charge in [0, 0.05) is 0 Å². The van der Waals surface area contributed by atoms with Gasteiger partial charge in [-0.25, -0.2) is 4.79 Å². The molecule has 17 heavy (non-hydrogen) atoms. The number of hydrogen-bond acceptors (Lipinski definition) is 3. The van der Waals surface area contributed by atoms with Crippen molar-refractivity contribution < 1.29 is 22.8 Å². The first-order chi connectivity index (χ1) is 7.82. The summed E-state index contributed by atoms with van der Waals surface area (Å²) in [4.78, 5) is 14.7. The van der Waals surface area contributed by atoms with E-state index >= 15 is 0 Å². The van der Waals surface area contributed by atoms with E-state index in [-0.39, 0.29) is 5.69 Å². The minimum atomic E-state index is -5.11. The maximum atomic E-state index is 12.0. The molecule has 0 unspecified atom stereocenters. The second-order valence-corrected chi connectivity index (χ2v) is 3.26. The van der Waals surface area contributed by atoms with Crippen molar-refractivity contribution in [3.05, 3.63) is 30.3 Å². The molecule has 8 heteroatoms. The summed E-state index contributed by atoms with van der Waals surface area (Å²) in [6, 6.07) is 7.47. The molecular formula is C9H7F3N2O2S. The zero-order valence-electron chi connectivity index (χ0n) is 8.27. The molecule has 0 bridgehead atoms. The van der Waals surface area contributed by atoms with E-state index < -0.39 is 17.3 Å². The summed E-state index contributed by atoms with van der Waals surface area (Å²) < 4.78 is 36.0. The van der Waals surface area contributed by atoms with Gasteiger partial charge in [-0.2, -0.15) is 13.2 Å². The molecule has 0 radical (unpaired) electrons. The van der Waals surface area contributed by atoms with Gasteiger partial charge >= 0.3 is 12.1 Å². The lowest BCUT2D eigenvalue weighted by atomic mass is 10.3. The van der Waals surface area contributed by atoms with E-state index in [4.69, 9.17) is 5.73 Å². The number of carbonyl (C=O) groups excluding carboxylic acids is 1. The van der Waals surface area contributed by atoms with E-state index in [1.54, 1.807) is 6.07 Å². The van der Waals surface area contributed by atoms with E-state index in [1.165, 1.54) is 24.3 Å². The van der Waals surface area contributed by atoms with Gasteiger partial charge in [-0.1, -0.05) is 18.2 Å². The third-order valence-electron chi connectivity index (χ3n) is 1.60. The van der Waals surface area contributed by atoms with Crippen molar-refractivity contribution in [1.29, 1.82) is 0 Å². The number of carbonyl (C=O) groups is 1. The van der Waals surface area contributed by atoms with Crippen molar-refractivity contribution in [2.75, 3.05) is 5.06 Å². The number of hydroxylamine groups is 1. The molecule has 0 saturated carbocycles. The topological polar surface area (TPSA) is 55.6 Å². The number of halogens is 3. The van der Waals surface area contributed by atoms with Gasteiger partial charge in [0.15, 0.2) is 0 Å². The van der Waals surface area contributed by atoms with Gasteiger partial charge < -0.3 is 10.6 Å². The number of para-hydroxylation sites is 1. The quantitative estimate of drug-likeness (QED) is 0.618. The Morgan fingerprint density at radius 1 is 1.29 bits per heavy atom. The van der Waals surface area contributed by atoms with Crippen LogP contribution in [0.3, 0.4) is 0 Å². The molecule has 0 aliphatic heterocycles. The fraction of sp³-hybridized carbons (Fsp3) is 0.111. The molecule has 0 amide bonds. The minimum absolute atomic E-state index is 0.123. The maximum absolute atomic E-state index is 12.0. The average molecular weight is 264 g/mol. The SMILES string of the molecule is NC(=S)N(OC(=O)C(F)(F)F)c1ccccc1. The van der Waals surface area contributed by atoms with Crippen LogP contribution in [0, 0.1) is 0 Å². The summed E-state index contributed by atoms with van der Waals surface area (Å²) in [6.07, 6.45) is -5.11. The third-order valence-corrected chi connectivity index (χ3v) is 1.76. The number of thiocarbonyl (C=S) groups is 1. The van der Waals surface area contributed by atoms with E-state index in [2.05, 4.69) is 17.1 Å². The van der Waals surface area contributed by atoms with E-state index in [0.717, 1.165) is 0 Å². The number of anilines is 1. The predicted molar refractivity (Wildman–Crippen MR) is 57.9 cm³/mol. The van der Waals surface area contributed by atoms with E-state index in [9.17, 15) is 18.0 Å². The second-order valence-electron chi connectivity index (χ2n) is 2.84. The highest BCUT2D eigenvalue weighted by Crippen LogP contribution is 2.20. The largest absolute Gasteiger partial charge is 0.493 e. The van der Waals surface area contributed by atoms with Crippen molar-refractivity contribution in [2.24, 2.45) is 5.73 Å². The first-order valence-electron chi connectivity index (χ1n) is 4.26. The molecule has 4 nitrogen and oxygen atoms in total. The lowest BCUT2D eigenvalue weighted by Crippen LogP contribution is -2.41. The van der Waals surface area contributed by atoms with Crippen molar-refractivity contribution in [2.45, 2.75) is 6.18 Å². The van der Waals surface area contributed by atoms with Crippen LogP contribution in [-0.4, -0.2) is 17.3 Å². The molecule has 0 heterocycles. The fourth-order valence-electron chi connectivity index (χ4n) is 0.923. The van der Waals surface area contributed by atoms with Crippen molar-refractivity contribution >= 4 is 29.0 Å². The predicted octanol–water partition coefficient (Wildman–Crippen LogP) is 1.76. The lowest BCUT2D eigenvalue weighted by Gasteiger charge is -2.21. The third kappa shape index (κ3) is 3.59. The standard InChI is InChI=1S/C9H7F3N2O2S/c10-9(11,12)7(15)16-14(8(13)17)6-4-2-1-3-5-6/h1-5H,(H2,13,17). The maximum Gasteiger partial charge on any atom is 0.493 e. The number of rotatable bonds is 1. The Kier molecular flexibility index (Phi) is 3.89. The summed E-state index contributed by atoms with van der Waals surface area (Å²) in [6.45, 7) is 0. The summed E-state index contributed by atoms with van der Waals surface area (Å²) in [5.74, 6) is -2.39. The first-order valence-corrected chi connectivity index (χ1v) is 4.67. The molecule has 92 valence electrons. The van der Waals surface area contributed by atoms with Crippen LogP contribution < -0.4 is 10.8 Å². The highest BCUT2D eigenvalue weighted by atomic mass is 32.1. The van der Waals surface area contributed by atoms with Crippen LogP contribution in [0.1, 0.15) is 0 Å². The summed E-state index contributed by atoms with van der Waals surface area (Å²) in [5.41, 5.74) is 5.30. The molecule has 0 fully saturated rings. The summed E-state index contributed by atoms with van der Waals surface area (Å²) in [7, 11) is 0. The average Bonchev–Trinajstić information content (AvgIpc) is 2.25. The number of nitrogens with two attached hydrogens (primary N) is 1. The summed E-state index contributed by atoms with van der Waals surface area (Å²) in [5, 5.41) is -0.0701. The van der Waals surface area contributed by atoms with Gasteiger partial charge in [-0.15, -0.1) is 5.06 Å². The van der Waals surface area contributed by atoms with Crippen molar-refractivity contribution in [3.8, 4) is 0 Å². The van der Waals surface area contributed by atoms with Gasteiger partial charge in [0.2, 0.25) is 5.11 Å². The number of hydrogen-bond donors (Lipinski definition) is 1. The van der Waals surface area contributed by atoms with Gasteiger partial charge in [0.25, 0.3) is 0 Å². The minimum Gasteiger partial charge on any atom is -0.373 e. The molecule has 0 aliphatic carbocycles. The molecule has 0 aliphatic rings. The Bertz CT molecular complexity index is 422. The van der Waals surface area contributed by atoms with Crippen LogP contribution in [0.5, 0.6) is 0 Å². The Hall–Kier alpha value is -1.83. The van der Waals surface area contributed by atoms with Gasteiger partial charge in [0.1, 0.15) is 0 Å². The van der Waals surface area contributed by atoms with Crippen LogP contribution in [-0.2, 0) is 9.63 Å². The number of alkyl halides is 3. The second kappa shape index (κ2) is 5.00. The normalized spacial score (nSPS) is 10.8. The molecule has 0 atom stereocenters. The van der Waals surface area contributed by atoms with Gasteiger partial charge in [-0.05, 0) is 24.4 Å². The highest BCUT2D eigenvalue weighted by Gasteiger charge is 2.43. The first kappa shape index (κ1) is 13.2. The van der Waals surface area contributed by atoms with Crippen molar-refractivity contribution in [1.82, 2.24) is 0 Å². The molecule has 0 saturated heterocycles. The Morgan fingerprint density at radius 2 is 1.82 bits per heavy atom. The molecule has 1 aromatic carbocycles. The Morgan fingerprint density at radius 3 is 2.24 bits per heavy atom. The molecule has 0 aromatic heterocycles. The lowest BCUT2D eigenvalue weighted by molar-refractivity contribution is -0.199. The molecule has 1 aromatic rings. The summed E-state index contributed by atoms with van der Waals surface area (Å²) >= 11 is 4.50. The van der Waals surface area contributed by atoms with E-state index in [1.807, 2.05) is 0 Å². The monoisotopic (exact) mass is 264 g/mol. The Balaban J connectivity index is 2.90. The number of benzene rings is 1. The van der Waals surface area contributed by atoms with Crippen molar-refractivity contribution in [3.63, 3.8) is 0 Å². The molecule has 1 rings (SSSR count). The van der Waals surface area contributed by atoms with Gasteiger partial charge in [-0.3, -0.25) is 0 Å². The van der Waals surface area contributed by atoms with E-state index in [0.29, 0.717) is 5.06 Å². The Labute approximate surface area is 99.7 Å². The van der Waals surface area contributed by atoms with Crippen LogP contribution in [0.15, 0.2) is 30.3 Å².